The lowest BCUT2D eigenvalue weighted by molar-refractivity contribution is -0.0262. The first-order valence-electron chi connectivity index (χ1n) is 10.9. The second-order valence-corrected chi connectivity index (χ2v) is 10.3. The van der Waals surface area contributed by atoms with Gasteiger partial charge in [-0.15, -0.1) is 0 Å². The summed E-state index contributed by atoms with van der Waals surface area (Å²) in [6.45, 7) is 9.69. The maximum atomic E-state index is 13.7. The second-order valence-electron chi connectivity index (χ2n) is 10.3. The van der Waals surface area contributed by atoms with Gasteiger partial charge in [-0.2, -0.15) is 0 Å². The van der Waals surface area contributed by atoms with Gasteiger partial charge in [0.05, 0.1) is 5.60 Å². The van der Waals surface area contributed by atoms with Crippen molar-refractivity contribution < 1.29 is 9.90 Å². The van der Waals surface area contributed by atoms with Gasteiger partial charge in [-0.1, -0.05) is 51.1 Å². The lowest BCUT2D eigenvalue weighted by Gasteiger charge is -2.60. The van der Waals surface area contributed by atoms with Gasteiger partial charge in [0, 0.05) is 23.6 Å². The number of aliphatic hydroxyl groups is 1. The largest absolute Gasteiger partial charge is 0.385 e. The smallest absolute Gasteiger partial charge is 0.254 e. The lowest BCUT2D eigenvalue weighted by atomic mass is 9.51. The van der Waals surface area contributed by atoms with Crippen LogP contribution in [0.25, 0.3) is 0 Å². The Bertz CT molecular complexity index is 1010. The third-order valence-electron chi connectivity index (χ3n) is 8.59. The van der Waals surface area contributed by atoms with Crippen molar-refractivity contribution in [2.45, 2.75) is 70.4 Å². The maximum absolute atomic E-state index is 13.7. The van der Waals surface area contributed by atoms with Gasteiger partial charge in [-0.25, -0.2) is 0 Å². The van der Waals surface area contributed by atoms with Crippen LogP contribution in [0, 0.1) is 5.41 Å². The molecule has 0 saturated carbocycles. The Labute approximate surface area is 173 Å². The summed E-state index contributed by atoms with van der Waals surface area (Å²) in [5, 5.41) is 10.7. The fourth-order valence-electron chi connectivity index (χ4n) is 6.22. The molecule has 1 unspecified atom stereocenters. The van der Waals surface area contributed by atoms with Gasteiger partial charge in [-0.05, 0) is 72.4 Å². The number of carbonyl (C=O) groups excluding carboxylic acids is 1. The van der Waals surface area contributed by atoms with E-state index in [0.717, 1.165) is 37.8 Å². The molecule has 3 atom stereocenters. The van der Waals surface area contributed by atoms with Crippen molar-refractivity contribution in [2.24, 2.45) is 5.41 Å². The van der Waals surface area contributed by atoms with E-state index in [1.165, 1.54) is 16.7 Å². The van der Waals surface area contributed by atoms with Crippen LogP contribution < -0.4 is 0 Å². The van der Waals surface area contributed by atoms with Crippen LogP contribution in [0.3, 0.4) is 0 Å². The normalized spacial score (nSPS) is 31.9. The van der Waals surface area contributed by atoms with Crippen molar-refractivity contribution in [3.8, 4) is 0 Å². The number of carbonyl (C=O) groups is 1. The molecular weight excluding hydrogens is 358 g/mol. The quantitative estimate of drug-likeness (QED) is 0.775. The Hall–Kier alpha value is -2.13. The Morgan fingerprint density at radius 1 is 1.00 bits per heavy atom. The van der Waals surface area contributed by atoms with E-state index in [9.17, 15) is 9.90 Å². The number of benzene rings is 2. The Balaban J connectivity index is 1.54. The first-order valence-corrected chi connectivity index (χ1v) is 10.9. The standard InChI is InChI=1S/C26H31NO2/c1-24(2)22-16-18-7-5-6-8-20(18)25(24,3)13-14-27(22)23(28)19-10-9-17-11-12-26(4,29)21(17)15-19/h5-10,15,22,29H,11-14,16H2,1-4H3/t22-,25+,26?/m1/s1. The van der Waals surface area contributed by atoms with Crippen LogP contribution in [0.4, 0.5) is 0 Å². The molecule has 3 aliphatic rings. The van der Waals surface area contributed by atoms with Gasteiger partial charge < -0.3 is 10.0 Å². The summed E-state index contributed by atoms with van der Waals surface area (Å²) in [6.07, 6.45) is 3.49. The molecule has 1 saturated heterocycles. The summed E-state index contributed by atoms with van der Waals surface area (Å²) in [7, 11) is 0. The van der Waals surface area contributed by atoms with Gasteiger partial charge in [0.25, 0.3) is 5.91 Å². The SMILES string of the molecule is CC1(O)CCc2ccc(C(=O)N3CC[C@@]4(C)c5ccccc5C[C@@H]3C4(C)C)cc21. The molecule has 0 radical (unpaired) electrons. The molecule has 5 rings (SSSR count). The highest BCUT2D eigenvalue weighted by Gasteiger charge is 2.56. The number of fused-ring (bicyclic) bond motifs is 5. The molecule has 1 fully saturated rings. The van der Waals surface area contributed by atoms with Crippen LogP contribution in [0.2, 0.25) is 0 Å². The predicted octanol–water partition coefficient (Wildman–Crippen LogP) is 4.60. The Kier molecular flexibility index (Phi) is 3.87. The van der Waals surface area contributed by atoms with Crippen molar-refractivity contribution >= 4 is 5.91 Å². The minimum absolute atomic E-state index is 0.00250. The average molecular weight is 390 g/mol. The first kappa shape index (κ1) is 18.9. The van der Waals surface area contributed by atoms with Crippen LogP contribution in [-0.4, -0.2) is 28.5 Å². The van der Waals surface area contributed by atoms with E-state index in [1.807, 2.05) is 25.1 Å². The summed E-state index contributed by atoms with van der Waals surface area (Å²) in [5.41, 5.74) is 4.90. The molecule has 1 N–H and O–H groups in total. The topological polar surface area (TPSA) is 40.5 Å². The Morgan fingerprint density at radius 2 is 1.76 bits per heavy atom. The van der Waals surface area contributed by atoms with Crippen LogP contribution in [-0.2, 0) is 23.9 Å². The van der Waals surface area contributed by atoms with Crippen molar-refractivity contribution in [2.75, 3.05) is 6.54 Å². The van der Waals surface area contributed by atoms with E-state index < -0.39 is 5.60 Å². The molecule has 0 aromatic heterocycles. The zero-order valence-electron chi connectivity index (χ0n) is 18.0. The highest BCUT2D eigenvalue weighted by Crippen LogP contribution is 2.56. The van der Waals surface area contributed by atoms with E-state index in [4.69, 9.17) is 0 Å². The molecule has 2 aliphatic carbocycles. The number of hydrogen-bond acceptors (Lipinski definition) is 2. The third kappa shape index (κ3) is 2.49. The molecule has 1 heterocycles. The molecule has 152 valence electrons. The number of piperidine rings is 1. The molecule has 3 heteroatoms. The van der Waals surface area contributed by atoms with E-state index in [-0.39, 0.29) is 22.8 Å². The van der Waals surface area contributed by atoms with Crippen LogP contribution in [0.15, 0.2) is 42.5 Å². The zero-order chi connectivity index (χ0) is 20.6. The van der Waals surface area contributed by atoms with E-state index >= 15 is 0 Å². The fraction of sp³-hybridized carbons (Fsp3) is 0.500. The number of rotatable bonds is 1. The molecule has 2 bridgehead atoms. The molecule has 2 aromatic carbocycles. The summed E-state index contributed by atoms with van der Waals surface area (Å²) in [4.78, 5) is 15.8. The van der Waals surface area contributed by atoms with Gasteiger partial charge in [0.15, 0.2) is 0 Å². The van der Waals surface area contributed by atoms with Crippen molar-refractivity contribution in [1.82, 2.24) is 4.90 Å². The summed E-state index contributed by atoms with van der Waals surface area (Å²) in [5.74, 6) is 0.106. The minimum Gasteiger partial charge on any atom is -0.385 e. The van der Waals surface area contributed by atoms with Gasteiger partial charge in [0.2, 0.25) is 0 Å². The molecule has 3 nitrogen and oxygen atoms in total. The first-order chi connectivity index (χ1) is 13.6. The highest BCUT2D eigenvalue weighted by atomic mass is 16.3. The average Bonchev–Trinajstić information content (AvgIpc) is 2.99. The third-order valence-corrected chi connectivity index (χ3v) is 8.59. The molecule has 1 amide bonds. The monoisotopic (exact) mass is 389 g/mol. The van der Waals surface area contributed by atoms with Crippen molar-refractivity contribution in [3.63, 3.8) is 0 Å². The molecule has 0 spiro atoms. The highest BCUT2D eigenvalue weighted by molar-refractivity contribution is 5.95. The minimum atomic E-state index is -0.824. The number of hydrogen-bond donors (Lipinski definition) is 1. The van der Waals surface area contributed by atoms with Gasteiger partial charge in [0.1, 0.15) is 0 Å². The van der Waals surface area contributed by atoms with E-state index in [2.05, 4.69) is 49.9 Å². The fourth-order valence-corrected chi connectivity index (χ4v) is 6.22. The van der Waals surface area contributed by atoms with Crippen molar-refractivity contribution in [3.05, 3.63) is 70.3 Å². The number of aryl methyl sites for hydroxylation is 1. The van der Waals surface area contributed by atoms with Crippen LogP contribution in [0.5, 0.6) is 0 Å². The molecule has 29 heavy (non-hydrogen) atoms. The van der Waals surface area contributed by atoms with Crippen LogP contribution in [0.1, 0.15) is 73.1 Å². The van der Waals surface area contributed by atoms with Gasteiger partial charge in [-0.3, -0.25) is 4.79 Å². The second kappa shape index (κ2) is 5.95. The molecule has 1 aliphatic heterocycles. The van der Waals surface area contributed by atoms with E-state index in [1.54, 1.807) is 0 Å². The van der Waals surface area contributed by atoms with E-state index in [0.29, 0.717) is 5.56 Å². The van der Waals surface area contributed by atoms with Crippen molar-refractivity contribution in [1.29, 1.82) is 0 Å². The Morgan fingerprint density at radius 3 is 2.55 bits per heavy atom. The summed E-state index contributed by atoms with van der Waals surface area (Å²) in [6, 6.07) is 14.9. The number of likely N-dealkylation sites (tertiary alicyclic amines) is 1. The molecular formula is C26H31NO2. The summed E-state index contributed by atoms with van der Waals surface area (Å²) >= 11 is 0. The predicted molar refractivity (Wildman–Crippen MR) is 115 cm³/mol. The summed E-state index contributed by atoms with van der Waals surface area (Å²) < 4.78 is 0. The zero-order valence-corrected chi connectivity index (χ0v) is 18.0. The number of amides is 1. The molecule has 2 aromatic rings. The van der Waals surface area contributed by atoms with Gasteiger partial charge >= 0.3 is 0 Å². The van der Waals surface area contributed by atoms with Crippen LogP contribution >= 0.6 is 0 Å². The number of nitrogens with zero attached hydrogens (tertiary/aromatic N) is 1. The lowest BCUT2D eigenvalue weighted by Crippen LogP contribution is -2.64. The maximum Gasteiger partial charge on any atom is 0.254 e.